The Morgan fingerprint density at radius 3 is 2.62 bits per heavy atom. The quantitative estimate of drug-likeness (QED) is 0.484. The van der Waals surface area contributed by atoms with Crippen LogP contribution in [0.15, 0.2) is 59.3 Å². The van der Waals surface area contributed by atoms with Gasteiger partial charge in [0.05, 0.1) is 0 Å². The number of aromatic hydroxyl groups is 1. The second-order valence-electron chi connectivity index (χ2n) is 9.26. The van der Waals surface area contributed by atoms with Crippen molar-refractivity contribution in [3.05, 3.63) is 76.0 Å². The molecule has 0 fully saturated rings. The highest BCUT2D eigenvalue weighted by Crippen LogP contribution is 2.30. The summed E-state index contributed by atoms with van der Waals surface area (Å²) in [7, 11) is 0. The van der Waals surface area contributed by atoms with E-state index in [0.717, 1.165) is 16.7 Å². The fraction of sp³-hybridized carbons (Fsp3) is 0.345. The first-order valence-electron chi connectivity index (χ1n) is 12.8. The van der Waals surface area contributed by atoms with Crippen LogP contribution in [0.1, 0.15) is 47.2 Å². The molecule has 4 rings (SSSR count). The van der Waals surface area contributed by atoms with Gasteiger partial charge in [-0.1, -0.05) is 18.2 Å². The zero-order valence-corrected chi connectivity index (χ0v) is 21.7. The number of phenolic OH excluding ortho intramolecular Hbond substituents is 1. The average Bonchev–Trinajstić information content (AvgIpc) is 3.43. The summed E-state index contributed by atoms with van der Waals surface area (Å²) in [5, 5.41) is 20.4. The molecule has 3 N–H and O–H groups in total. The van der Waals surface area contributed by atoms with Gasteiger partial charge in [-0.3, -0.25) is 14.4 Å². The SMILES string of the molecule is O=C1CCCN(C(=O)CCc2ccsc2)CCCNC(=O)c2cccc(c2)-c2cc(ccc2O)CCN1. The third kappa shape index (κ3) is 7.67. The van der Waals surface area contributed by atoms with Crippen molar-refractivity contribution in [2.45, 2.75) is 38.5 Å². The predicted molar refractivity (Wildman–Crippen MR) is 146 cm³/mol. The molecule has 3 aromatic rings. The van der Waals surface area contributed by atoms with Crippen LogP contribution in [0.3, 0.4) is 0 Å². The van der Waals surface area contributed by atoms with Crippen LogP contribution in [0.4, 0.5) is 0 Å². The highest BCUT2D eigenvalue weighted by Gasteiger charge is 2.16. The van der Waals surface area contributed by atoms with Gasteiger partial charge in [0, 0.05) is 50.1 Å². The molecule has 2 aromatic carbocycles. The number of thiophene rings is 1. The van der Waals surface area contributed by atoms with Crippen LogP contribution < -0.4 is 10.6 Å². The van der Waals surface area contributed by atoms with Gasteiger partial charge in [0.2, 0.25) is 11.8 Å². The topological polar surface area (TPSA) is 98.7 Å². The Labute approximate surface area is 221 Å². The molecule has 0 saturated carbocycles. The van der Waals surface area contributed by atoms with Crippen molar-refractivity contribution in [1.82, 2.24) is 15.5 Å². The molecule has 2 heterocycles. The van der Waals surface area contributed by atoms with E-state index in [1.54, 1.807) is 35.6 Å². The number of hydrogen-bond acceptors (Lipinski definition) is 5. The summed E-state index contributed by atoms with van der Waals surface area (Å²) in [6.07, 6.45) is 3.28. The van der Waals surface area contributed by atoms with Crippen LogP contribution >= 0.6 is 11.3 Å². The van der Waals surface area contributed by atoms with Gasteiger partial charge >= 0.3 is 0 Å². The number of nitrogens with zero attached hydrogens (tertiary/aromatic N) is 1. The molecule has 0 atom stereocenters. The number of carbonyl (C=O) groups is 3. The summed E-state index contributed by atoms with van der Waals surface area (Å²) < 4.78 is 0. The number of hydrogen-bond donors (Lipinski definition) is 3. The summed E-state index contributed by atoms with van der Waals surface area (Å²) >= 11 is 1.62. The molecule has 8 heteroatoms. The second-order valence-corrected chi connectivity index (χ2v) is 10.0. The van der Waals surface area contributed by atoms with Crippen molar-refractivity contribution in [2.24, 2.45) is 0 Å². The highest BCUT2D eigenvalue weighted by atomic mass is 32.1. The molecule has 37 heavy (non-hydrogen) atoms. The molecule has 3 amide bonds. The van der Waals surface area contributed by atoms with Gasteiger partial charge in [0.1, 0.15) is 5.75 Å². The minimum absolute atomic E-state index is 0.0393. The van der Waals surface area contributed by atoms with Gasteiger partial charge in [0.25, 0.3) is 5.91 Å². The number of benzene rings is 2. The molecule has 4 bridgehead atoms. The summed E-state index contributed by atoms with van der Waals surface area (Å²) in [4.78, 5) is 40.0. The molecule has 0 unspecified atom stereocenters. The number of amides is 3. The van der Waals surface area contributed by atoms with Crippen LogP contribution in [0.25, 0.3) is 11.1 Å². The lowest BCUT2D eigenvalue weighted by Gasteiger charge is -2.23. The Hall–Kier alpha value is -3.65. The van der Waals surface area contributed by atoms with Gasteiger partial charge < -0.3 is 20.6 Å². The number of phenols is 1. The van der Waals surface area contributed by atoms with Gasteiger partial charge in [-0.2, -0.15) is 11.3 Å². The van der Waals surface area contributed by atoms with Gasteiger partial charge in [0.15, 0.2) is 0 Å². The molecule has 0 saturated heterocycles. The van der Waals surface area contributed by atoms with Crippen molar-refractivity contribution < 1.29 is 19.5 Å². The summed E-state index contributed by atoms with van der Waals surface area (Å²) in [6, 6.07) is 14.6. The largest absolute Gasteiger partial charge is 0.507 e. The smallest absolute Gasteiger partial charge is 0.251 e. The van der Waals surface area contributed by atoms with Crippen molar-refractivity contribution in [2.75, 3.05) is 26.2 Å². The maximum absolute atomic E-state index is 13.0. The second kappa shape index (κ2) is 13.1. The highest BCUT2D eigenvalue weighted by molar-refractivity contribution is 7.07. The number of rotatable bonds is 3. The number of aryl methyl sites for hydroxylation is 1. The van der Waals surface area contributed by atoms with Crippen molar-refractivity contribution in [3.8, 4) is 16.9 Å². The molecule has 0 radical (unpaired) electrons. The lowest BCUT2D eigenvalue weighted by Crippen LogP contribution is -2.36. The zero-order chi connectivity index (χ0) is 26.0. The van der Waals surface area contributed by atoms with E-state index in [2.05, 4.69) is 16.0 Å². The fourth-order valence-corrected chi connectivity index (χ4v) is 5.15. The van der Waals surface area contributed by atoms with Crippen molar-refractivity contribution in [1.29, 1.82) is 0 Å². The van der Waals surface area contributed by atoms with E-state index in [1.165, 1.54) is 0 Å². The normalized spacial score (nSPS) is 15.6. The summed E-state index contributed by atoms with van der Waals surface area (Å²) in [5.41, 5.74) is 4.03. The molecule has 194 valence electrons. The summed E-state index contributed by atoms with van der Waals surface area (Å²) in [6.45, 7) is 1.94. The monoisotopic (exact) mass is 519 g/mol. The van der Waals surface area contributed by atoms with E-state index in [9.17, 15) is 19.5 Å². The first-order valence-corrected chi connectivity index (χ1v) is 13.7. The van der Waals surface area contributed by atoms with Crippen LogP contribution in [-0.4, -0.2) is 53.9 Å². The Morgan fingerprint density at radius 1 is 0.946 bits per heavy atom. The average molecular weight is 520 g/mol. The maximum Gasteiger partial charge on any atom is 0.251 e. The molecule has 0 aliphatic carbocycles. The Balaban J connectivity index is 1.46. The standard InChI is InChI=1S/C29H33N3O4S/c33-26-9-7-21-11-14-30-27(34)6-2-15-32(28(35)10-8-22-12-17-37-20-22)16-3-13-31-29(36)24-5-1-4-23(19-24)25(26)18-21/h1,4-5,7,9,12,17-20,33H,2-3,6,8,10-11,13-16H2,(H,30,34)(H,31,36). The molecule has 0 spiro atoms. The van der Waals surface area contributed by atoms with Crippen molar-refractivity contribution >= 4 is 29.1 Å². The minimum Gasteiger partial charge on any atom is -0.507 e. The van der Waals surface area contributed by atoms with Crippen molar-refractivity contribution in [3.63, 3.8) is 0 Å². The van der Waals surface area contributed by atoms with E-state index in [1.807, 2.05) is 34.5 Å². The number of fused-ring (bicyclic) bond motifs is 5. The van der Waals surface area contributed by atoms with E-state index >= 15 is 0 Å². The van der Waals surface area contributed by atoms with Crippen LogP contribution in [0, 0.1) is 0 Å². The third-order valence-electron chi connectivity index (χ3n) is 6.52. The first-order chi connectivity index (χ1) is 18.0. The minimum atomic E-state index is -0.194. The van der Waals surface area contributed by atoms with E-state index in [0.29, 0.717) is 75.8 Å². The first kappa shape index (κ1) is 26.4. The molecule has 1 aliphatic rings. The molecular weight excluding hydrogens is 486 g/mol. The summed E-state index contributed by atoms with van der Waals surface area (Å²) in [5.74, 6) is -0.0290. The Kier molecular flexibility index (Phi) is 9.32. The molecule has 1 aromatic heterocycles. The fourth-order valence-electron chi connectivity index (χ4n) is 4.44. The van der Waals surface area contributed by atoms with E-state index in [-0.39, 0.29) is 23.5 Å². The van der Waals surface area contributed by atoms with Crippen LogP contribution in [0.2, 0.25) is 0 Å². The van der Waals surface area contributed by atoms with Gasteiger partial charge in [-0.15, -0.1) is 0 Å². The Morgan fingerprint density at radius 2 is 1.78 bits per heavy atom. The zero-order valence-electron chi connectivity index (χ0n) is 20.9. The molecule has 1 aliphatic heterocycles. The third-order valence-corrected chi connectivity index (χ3v) is 7.25. The number of nitrogens with one attached hydrogen (secondary N) is 2. The van der Waals surface area contributed by atoms with E-state index in [4.69, 9.17) is 0 Å². The van der Waals surface area contributed by atoms with Gasteiger partial charge in [-0.25, -0.2) is 0 Å². The van der Waals surface area contributed by atoms with Crippen LogP contribution in [-0.2, 0) is 22.4 Å². The van der Waals surface area contributed by atoms with Gasteiger partial charge in [-0.05, 0) is 83.5 Å². The predicted octanol–water partition coefficient (Wildman–Crippen LogP) is 4.15. The van der Waals surface area contributed by atoms with E-state index < -0.39 is 0 Å². The van der Waals surface area contributed by atoms with Crippen LogP contribution in [0.5, 0.6) is 5.75 Å². The Bertz CT molecular complexity index is 1230. The molecular formula is C29H33N3O4S. The maximum atomic E-state index is 13.0. The molecule has 7 nitrogen and oxygen atoms in total. The number of carbonyl (C=O) groups excluding carboxylic acids is 3. The lowest BCUT2D eigenvalue weighted by atomic mass is 9.98. The lowest BCUT2D eigenvalue weighted by molar-refractivity contribution is -0.131.